The highest BCUT2D eigenvalue weighted by Crippen LogP contribution is 2.30. The fraction of sp³-hybridized carbons (Fsp3) is 0.538. The lowest BCUT2D eigenvalue weighted by Crippen LogP contribution is -2.36. The number of hydrogen-bond donors (Lipinski definition) is 0. The van der Waals surface area contributed by atoms with E-state index >= 15 is 0 Å². The summed E-state index contributed by atoms with van der Waals surface area (Å²) in [5.74, 6) is 1.11. The van der Waals surface area contributed by atoms with Crippen LogP contribution in [0.5, 0.6) is 0 Å². The van der Waals surface area contributed by atoms with Gasteiger partial charge in [-0.3, -0.25) is 0 Å². The van der Waals surface area contributed by atoms with E-state index in [2.05, 4.69) is 20.1 Å². The van der Waals surface area contributed by atoms with Gasteiger partial charge in [-0.05, 0) is 25.8 Å². The third-order valence-electron chi connectivity index (χ3n) is 3.53. The van der Waals surface area contributed by atoms with Gasteiger partial charge in [-0.2, -0.15) is 18.2 Å². The van der Waals surface area contributed by atoms with Crippen molar-refractivity contribution in [2.24, 2.45) is 0 Å². The molecule has 1 aliphatic rings. The second-order valence-electron chi connectivity index (χ2n) is 5.20. The van der Waals surface area contributed by atoms with Gasteiger partial charge in [0, 0.05) is 19.3 Å². The third-order valence-corrected chi connectivity index (χ3v) is 3.53. The minimum absolute atomic E-state index is 0.0203. The zero-order chi connectivity index (χ0) is 15.7. The summed E-state index contributed by atoms with van der Waals surface area (Å²) in [6.45, 7) is 2.79. The molecule has 2 aromatic heterocycles. The largest absolute Gasteiger partial charge is 0.433 e. The molecule has 2 aromatic rings. The first-order valence-corrected chi connectivity index (χ1v) is 6.89. The summed E-state index contributed by atoms with van der Waals surface area (Å²) >= 11 is 0. The van der Waals surface area contributed by atoms with E-state index in [-0.39, 0.29) is 11.9 Å². The van der Waals surface area contributed by atoms with Crippen molar-refractivity contribution in [2.45, 2.75) is 31.9 Å². The van der Waals surface area contributed by atoms with Gasteiger partial charge < -0.3 is 9.42 Å². The number of anilines is 1. The van der Waals surface area contributed by atoms with Crippen LogP contribution in [-0.2, 0) is 6.18 Å². The van der Waals surface area contributed by atoms with Crippen LogP contribution in [0.4, 0.5) is 19.1 Å². The van der Waals surface area contributed by atoms with E-state index < -0.39 is 11.9 Å². The van der Waals surface area contributed by atoms with Crippen molar-refractivity contribution in [1.82, 2.24) is 20.1 Å². The van der Waals surface area contributed by atoms with E-state index in [1.54, 1.807) is 11.8 Å². The molecule has 1 saturated heterocycles. The number of hydrogen-bond acceptors (Lipinski definition) is 6. The first kappa shape index (κ1) is 14.7. The highest BCUT2D eigenvalue weighted by Gasteiger charge is 2.34. The van der Waals surface area contributed by atoms with Gasteiger partial charge in [-0.1, -0.05) is 5.16 Å². The molecule has 118 valence electrons. The summed E-state index contributed by atoms with van der Waals surface area (Å²) in [6.07, 6.45) is -1.70. The van der Waals surface area contributed by atoms with Crippen LogP contribution in [0.25, 0.3) is 0 Å². The summed E-state index contributed by atoms with van der Waals surface area (Å²) < 4.78 is 43.4. The number of rotatable bonds is 2. The molecule has 0 unspecified atom stereocenters. The van der Waals surface area contributed by atoms with Gasteiger partial charge >= 0.3 is 6.18 Å². The quantitative estimate of drug-likeness (QED) is 0.849. The van der Waals surface area contributed by atoms with Gasteiger partial charge in [0.2, 0.25) is 11.8 Å². The molecule has 22 heavy (non-hydrogen) atoms. The van der Waals surface area contributed by atoms with Crippen molar-refractivity contribution in [3.8, 4) is 0 Å². The van der Waals surface area contributed by atoms with E-state index in [0.29, 0.717) is 24.8 Å². The van der Waals surface area contributed by atoms with Crippen molar-refractivity contribution in [3.63, 3.8) is 0 Å². The highest BCUT2D eigenvalue weighted by molar-refractivity contribution is 5.32. The summed E-state index contributed by atoms with van der Waals surface area (Å²) in [6, 6.07) is 0.867. The molecular weight excluding hydrogens is 299 g/mol. The number of aryl methyl sites for hydroxylation is 1. The Bertz CT molecular complexity index is 657. The minimum atomic E-state index is -4.48. The SMILES string of the molecule is Cc1noc([C@H]2CCCN(c3nccc(C(F)(F)F)n3)C2)n1. The summed E-state index contributed by atoms with van der Waals surface area (Å²) in [7, 11) is 0. The number of aromatic nitrogens is 4. The predicted molar refractivity (Wildman–Crippen MR) is 70.3 cm³/mol. The van der Waals surface area contributed by atoms with Gasteiger partial charge in [-0.15, -0.1) is 0 Å². The molecular formula is C13H14F3N5O. The molecule has 0 amide bonds. The molecule has 3 heterocycles. The predicted octanol–water partition coefficient (Wildman–Crippen LogP) is 2.57. The van der Waals surface area contributed by atoms with E-state index in [9.17, 15) is 13.2 Å². The van der Waals surface area contributed by atoms with Crippen LogP contribution in [-0.4, -0.2) is 33.2 Å². The van der Waals surface area contributed by atoms with Crippen molar-refractivity contribution in [1.29, 1.82) is 0 Å². The minimum Gasteiger partial charge on any atom is -0.340 e. The van der Waals surface area contributed by atoms with Crippen molar-refractivity contribution >= 4 is 5.95 Å². The molecule has 3 rings (SSSR count). The molecule has 0 spiro atoms. The van der Waals surface area contributed by atoms with Crippen molar-refractivity contribution in [2.75, 3.05) is 18.0 Å². The van der Waals surface area contributed by atoms with Gasteiger partial charge in [0.15, 0.2) is 5.82 Å². The summed E-state index contributed by atoms with van der Waals surface area (Å²) in [5, 5.41) is 3.75. The Kier molecular flexibility index (Phi) is 3.71. The first-order chi connectivity index (χ1) is 10.4. The van der Waals surface area contributed by atoms with E-state index in [1.165, 1.54) is 0 Å². The molecule has 1 fully saturated rings. The maximum atomic E-state index is 12.7. The monoisotopic (exact) mass is 313 g/mol. The number of alkyl halides is 3. The first-order valence-electron chi connectivity index (χ1n) is 6.89. The Hall–Kier alpha value is -2.19. The Morgan fingerprint density at radius 3 is 2.82 bits per heavy atom. The molecule has 1 aliphatic heterocycles. The van der Waals surface area contributed by atoms with Gasteiger partial charge in [0.25, 0.3) is 0 Å². The summed E-state index contributed by atoms with van der Waals surface area (Å²) in [5.41, 5.74) is -0.937. The van der Waals surface area contributed by atoms with E-state index in [0.717, 1.165) is 25.1 Å². The van der Waals surface area contributed by atoms with Crippen molar-refractivity contribution < 1.29 is 17.7 Å². The van der Waals surface area contributed by atoms with Crippen LogP contribution in [0.3, 0.4) is 0 Å². The lowest BCUT2D eigenvalue weighted by atomic mass is 9.98. The van der Waals surface area contributed by atoms with Crippen molar-refractivity contribution in [3.05, 3.63) is 29.7 Å². The lowest BCUT2D eigenvalue weighted by molar-refractivity contribution is -0.141. The standard InChI is InChI=1S/C13H14F3N5O/c1-8-18-11(22-20-8)9-3-2-6-21(7-9)12-17-5-4-10(19-12)13(14,15)16/h4-5,9H,2-3,6-7H2,1H3/t9-/m0/s1. The van der Waals surface area contributed by atoms with Gasteiger partial charge in [-0.25, -0.2) is 9.97 Å². The van der Waals surface area contributed by atoms with Gasteiger partial charge in [0.1, 0.15) is 5.69 Å². The second kappa shape index (κ2) is 5.54. The molecule has 9 heteroatoms. The zero-order valence-electron chi connectivity index (χ0n) is 11.8. The normalized spacial score (nSPS) is 19.5. The highest BCUT2D eigenvalue weighted by atomic mass is 19.4. The van der Waals surface area contributed by atoms with E-state index in [1.807, 2.05) is 0 Å². The zero-order valence-corrected chi connectivity index (χ0v) is 11.8. The Morgan fingerprint density at radius 1 is 1.32 bits per heavy atom. The average Bonchev–Trinajstić information content (AvgIpc) is 2.93. The molecule has 1 atom stereocenters. The Balaban J connectivity index is 1.80. The topological polar surface area (TPSA) is 67.9 Å². The molecule has 0 N–H and O–H groups in total. The smallest absolute Gasteiger partial charge is 0.340 e. The summed E-state index contributed by atoms with van der Waals surface area (Å²) in [4.78, 5) is 13.5. The van der Waals surface area contributed by atoms with Gasteiger partial charge in [0.05, 0.1) is 5.92 Å². The molecule has 0 aliphatic carbocycles. The lowest BCUT2D eigenvalue weighted by Gasteiger charge is -2.31. The van der Waals surface area contributed by atoms with Crippen LogP contribution in [0.15, 0.2) is 16.8 Å². The number of halogens is 3. The molecule has 6 nitrogen and oxygen atoms in total. The Morgan fingerprint density at radius 2 is 2.14 bits per heavy atom. The van der Waals surface area contributed by atoms with E-state index in [4.69, 9.17) is 4.52 Å². The van der Waals surface area contributed by atoms with Crippen LogP contribution in [0.1, 0.15) is 36.2 Å². The maximum absolute atomic E-state index is 12.7. The molecule has 0 saturated carbocycles. The molecule has 0 aromatic carbocycles. The second-order valence-corrected chi connectivity index (χ2v) is 5.20. The molecule has 0 bridgehead atoms. The van der Waals surface area contributed by atoms with Crippen LogP contribution in [0.2, 0.25) is 0 Å². The van der Waals surface area contributed by atoms with Crippen LogP contribution in [0, 0.1) is 6.92 Å². The Labute approximate surface area is 124 Å². The third kappa shape index (κ3) is 3.02. The molecule has 0 radical (unpaired) electrons. The fourth-order valence-corrected chi connectivity index (χ4v) is 2.50. The number of nitrogens with zero attached hydrogens (tertiary/aromatic N) is 5. The van der Waals surface area contributed by atoms with Crippen LogP contribution >= 0.6 is 0 Å². The van der Waals surface area contributed by atoms with Crippen LogP contribution < -0.4 is 4.90 Å². The fourth-order valence-electron chi connectivity index (χ4n) is 2.50. The number of piperidine rings is 1. The maximum Gasteiger partial charge on any atom is 0.433 e. The average molecular weight is 313 g/mol.